The Labute approximate surface area is 185 Å². The van der Waals surface area contributed by atoms with Crippen LogP contribution in [0.3, 0.4) is 0 Å². The van der Waals surface area contributed by atoms with Crippen molar-refractivity contribution in [1.29, 1.82) is 0 Å². The highest BCUT2D eigenvalue weighted by Gasteiger charge is 2.14. The lowest BCUT2D eigenvalue weighted by atomic mass is 10.1. The summed E-state index contributed by atoms with van der Waals surface area (Å²) in [4.78, 5) is 20.5. The molecule has 1 aliphatic rings. The highest BCUT2D eigenvalue weighted by Crippen LogP contribution is 2.21. The molecule has 7 heteroatoms. The lowest BCUT2D eigenvalue weighted by molar-refractivity contribution is 0.0827. The Bertz CT molecular complexity index is 891. The van der Waals surface area contributed by atoms with Gasteiger partial charge in [0.1, 0.15) is 0 Å². The number of amides is 1. The van der Waals surface area contributed by atoms with Crippen molar-refractivity contribution >= 4 is 17.6 Å². The maximum atomic E-state index is 12.2. The number of carbonyl (C=O) groups is 1. The number of nitrogens with zero attached hydrogens (tertiary/aromatic N) is 3. The van der Waals surface area contributed by atoms with Crippen molar-refractivity contribution in [1.82, 2.24) is 15.5 Å². The van der Waals surface area contributed by atoms with Crippen LogP contribution in [0.1, 0.15) is 21.5 Å². The van der Waals surface area contributed by atoms with Crippen molar-refractivity contribution in [3.8, 4) is 0 Å². The Balaban J connectivity index is 1.52. The summed E-state index contributed by atoms with van der Waals surface area (Å²) in [6.45, 7) is 4.79. The molecule has 3 rings (SSSR count). The second-order valence-corrected chi connectivity index (χ2v) is 7.73. The van der Waals surface area contributed by atoms with Crippen LogP contribution in [-0.4, -0.2) is 70.8 Å². The van der Waals surface area contributed by atoms with E-state index >= 15 is 0 Å². The monoisotopic (exact) mass is 423 g/mol. The minimum Gasteiger partial charge on any atom is -0.378 e. The second kappa shape index (κ2) is 11.4. The van der Waals surface area contributed by atoms with Crippen LogP contribution >= 0.6 is 0 Å². The fourth-order valence-electron chi connectivity index (χ4n) is 3.62. The topological polar surface area (TPSA) is 69.2 Å². The highest BCUT2D eigenvalue weighted by atomic mass is 16.5. The van der Waals surface area contributed by atoms with E-state index in [2.05, 4.69) is 44.8 Å². The molecule has 166 valence electrons. The standard InChI is InChI=1S/C24H33N5O2/c1-25-24(26-12-11-19-7-6-9-20(17-19)23(30)28(2)3)27-18-21-8-4-5-10-22(21)29-13-15-31-16-14-29/h4-10,17H,11-16,18H2,1-3H3,(H2,25,26,27). The molecule has 0 aliphatic carbocycles. The van der Waals surface area contributed by atoms with Gasteiger partial charge in [-0.15, -0.1) is 0 Å². The number of anilines is 1. The van der Waals surface area contributed by atoms with E-state index in [1.165, 1.54) is 11.3 Å². The summed E-state index contributed by atoms with van der Waals surface area (Å²) in [7, 11) is 5.31. The van der Waals surface area contributed by atoms with Gasteiger partial charge in [0.05, 0.1) is 13.2 Å². The Hall–Kier alpha value is -3.06. The van der Waals surface area contributed by atoms with Crippen molar-refractivity contribution in [2.75, 3.05) is 58.9 Å². The lowest BCUT2D eigenvalue weighted by Crippen LogP contribution is -2.39. The van der Waals surface area contributed by atoms with E-state index in [1.54, 1.807) is 26.0 Å². The van der Waals surface area contributed by atoms with Gasteiger partial charge < -0.3 is 25.2 Å². The van der Waals surface area contributed by atoms with E-state index in [4.69, 9.17) is 4.74 Å². The van der Waals surface area contributed by atoms with Gasteiger partial charge in [-0.25, -0.2) is 0 Å². The quantitative estimate of drug-likeness (QED) is 0.528. The first-order chi connectivity index (χ1) is 15.1. The Morgan fingerprint density at radius 1 is 1.10 bits per heavy atom. The van der Waals surface area contributed by atoms with Crippen molar-refractivity contribution in [2.24, 2.45) is 4.99 Å². The molecule has 2 N–H and O–H groups in total. The Morgan fingerprint density at radius 2 is 1.87 bits per heavy atom. The Kier molecular flexibility index (Phi) is 8.29. The minimum atomic E-state index is 0.0196. The van der Waals surface area contributed by atoms with E-state index in [1.807, 2.05) is 24.3 Å². The fraction of sp³-hybridized carbons (Fsp3) is 0.417. The normalized spacial score (nSPS) is 14.3. The first-order valence-corrected chi connectivity index (χ1v) is 10.7. The van der Waals surface area contributed by atoms with Gasteiger partial charge in [-0.1, -0.05) is 30.3 Å². The van der Waals surface area contributed by atoms with Gasteiger partial charge in [-0.2, -0.15) is 0 Å². The van der Waals surface area contributed by atoms with Crippen molar-refractivity contribution in [2.45, 2.75) is 13.0 Å². The molecule has 1 aliphatic heterocycles. The first-order valence-electron chi connectivity index (χ1n) is 10.7. The number of ether oxygens (including phenoxy) is 1. The molecule has 0 unspecified atom stereocenters. The molecule has 0 radical (unpaired) electrons. The van der Waals surface area contributed by atoms with E-state index in [9.17, 15) is 4.79 Å². The summed E-state index contributed by atoms with van der Waals surface area (Å²) in [5.41, 5.74) is 4.32. The van der Waals surface area contributed by atoms with Crippen LogP contribution in [0.25, 0.3) is 0 Å². The third kappa shape index (κ3) is 6.46. The molecule has 2 aromatic rings. The van der Waals surface area contributed by atoms with Crippen LogP contribution in [0, 0.1) is 0 Å². The van der Waals surface area contributed by atoms with Crippen LogP contribution in [0.5, 0.6) is 0 Å². The molecule has 1 saturated heterocycles. The van der Waals surface area contributed by atoms with Gasteiger partial charge in [0.15, 0.2) is 5.96 Å². The third-order valence-electron chi connectivity index (χ3n) is 5.30. The van der Waals surface area contributed by atoms with Crippen molar-refractivity contribution in [3.05, 3.63) is 65.2 Å². The van der Waals surface area contributed by atoms with Crippen LogP contribution in [0.15, 0.2) is 53.5 Å². The predicted octanol–water partition coefficient (Wildman–Crippen LogP) is 2.13. The van der Waals surface area contributed by atoms with Gasteiger partial charge in [0, 0.05) is 58.6 Å². The number of morpholine rings is 1. The van der Waals surface area contributed by atoms with Gasteiger partial charge >= 0.3 is 0 Å². The molecule has 1 amide bonds. The molecule has 0 aromatic heterocycles. The smallest absolute Gasteiger partial charge is 0.253 e. The number of rotatable bonds is 7. The maximum Gasteiger partial charge on any atom is 0.253 e. The molecule has 0 atom stereocenters. The molecular weight excluding hydrogens is 390 g/mol. The summed E-state index contributed by atoms with van der Waals surface area (Å²) in [5, 5.41) is 6.78. The van der Waals surface area contributed by atoms with E-state index < -0.39 is 0 Å². The van der Waals surface area contributed by atoms with Crippen LogP contribution in [0.2, 0.25) is 0 Å². The van der Waals surface area contributed by atoms with Gasteiger partial charge in [-0.05, 0) is 35.7 Å². The molecule has 0 spiro atoms. The van der Waals surface area contributed by atoms with Crippen molar-refractivity contribution in [3.63, 3.8) is 0 Å². The number of nitrogens with one attached hydrogen (secondary N) is 2. The lowest BCUT2D eigenvalue weighted by Gasteiger charge is -2.30. The number of para-hydroxylation sites is 1. The summed E-state index contributed by atoms with van der Waals surface area (Å²) in [6, 6.07) is 16.3. The zero-order valence-corrected chi connectivity index (χ0v) is 18.7. The zero-order chi connectivity index (χ0) is 22.1. The molecule has 1 heterocycles. The number of guanidine groups is 1. The van der Waals surface area contributed by atoms with E-state index in [-0.39, 0.29) is 5.91 Å². The number of carbonyl (C=O) groups excluding carboxylic acids is 1. The van der Waals surface area contributed by atoms with E-state index in [0.29, 0.717) is 12.1 Å². The minimum absolute atomic E-state index is 0.0196. The largest absolute Gasteiger partial charge is 0.378 e. The van der Waals surface area contributed by atoms with Gasteiger partial charge in [0.2, 0.25) is 0 Å². The Morgan fingerprint density at radius 3 is 2.61 bits per heavy atom. The number of hydrogen-bond donors (Lipinski definition) is 2. The average molecular weight is 424 g/mol. The molecular formula is C24H33N5O2. The summed E-state index contributed by atoms with van der Waals surface area (Å²) < 4.78 is 5.48. The van der Waals surface area contributed by atoms with Gasteiger partial charge in [0.25, 0.3) is 5.91 Å². The van der Waals surface area contributed by atoms with Crippen LogP contribution < -0.4 is 15.5 Å². The summed E-state index contributed by atoms with van der Waals surface area (Å²) in [5.74, 6) is 0.781. The van der Waals surface area contributed by atoms with Crippen LogP contribution in [0.4, 0.5) is 5.69 Å². The maximum absolute atomic E-state index is 12.2. The molecule has 0 saturated carbocycles. The molecule has 1 fully saturated rings. The number of aliphatic imine (C=N–C) groups is 1. The first kappa shape index (κ1) is 22.6. The van der Waals surface area contributed by atoms with Crippen LogP contribution in [-0.2, 0) is 17.7 Å². The average Bonchev–Trinajstić information content (AvgIpc) is 2.81. The van der Waals surface area contributed by atoms with Gasteiger partial charge in [-0.3, -0.25) is 9.79 Å². The number of benzene rings is 2. The van der Waals surface area contributed by atoms with Crippen molar-refractivity contribution < 1.29 is 9.53 Å². The molecule has 7 nitrogen and oxygen atoms in total. The predicted molar refractivity (Wildman–Crippen MR) is 126 cm³/mol. The second-order valence-electron chi connectivity index (χ2n) is 7.73. The molecule has 2 aromatic carbocycles. The molecule has 0 bridgehead atoms. The zero-order valence-electron chi connectivity index (χ0n) is 18.7. The summed E-state index contributed by atoms with van der Waals surface area (Å²) in [6.07, 6.45) is 0.805. The fourth-order valence-corrected chi connectivity index (χ4v) is 3.62. The van der Waals surface area contributed by atoms with E-state index in [0.717, 1.165) is 50.8 Å². The highest BCUT2D eigenvalue weighted by molar-refractivity contribution is 5.94. The third-order valence-corrected chi connectivity index (χ3v) is 5.30. The summed E-state index contributed by atoms with van der Waals surface area (Å²) >= 11 is 0. The number of hydrogen-bond acceptors (Lipinski definition) is 4. The SMILES string of the molecule is CN=C(NCCc1cccc(C(=O)N(C)C)c1)NCc1ccccc1N1CCOCC1. The molecule has 31 heavy (non-hydrogen) atoms.